The highest BCUT2D eigenvalue weighted by Crippen LogP contribution is 2.27. The van der Waals surface area contributed by atoms with E-state index in [1.807, 2.05) is 13.0 Å². The van der Waals surface area contributed by atoms with Gasteiger partial charge in [0.05, 0.1) is 0 Å². The maximum atomic E-state index is 11.6. The number of anilines is 2. The molecule has 18 heavy (non-hydrogen) atoms. The number of hydrogen-bond acceptors (Lipinski definition) is 2. The van der Waals surface area contributed by atoms with Crippen molar-refractivity contribution >= 4 is 17.3 Å². The first-order chi connectivity index (χ1) is 8.70. The topological polar surface area (TPSA) is 32.3 Å². The van der Waals surface area contributed by atoms with Crippen LogP contribution in [0, 0.1) is 6.92 Å². The van der Waals surface area contributed by atoms with Gasteiger partial charge in [0, 0.05) is 30.9 Å². The largest absolute Gasteiger partial charge is 0.371 e. The van der Waals surface area contributed by atoms with Crippen molar-refractivity contribution in [2.75, 3.05) is 23.3 Å². The Morgan fingerprint density at radius 3 is 2.72 bits per heavy atom. The summed E-state index contributed by atoms with van der Waals surface area (Å²) in [6.45, 7) is 6.41. The summed E-state index contributed by atoms with van der Waals surface area (Å²) in [5.74, 6) is 0.105. The van der Waals surface area contributed by atoms with Crippen LogP contribution < -0.4 is 10.2 Å². The highest BCUT2D eigenvalue weighted by Gasteiger charge is 2.15. The molecule has 0 unspecified atom stereocenters. The molecule has 1 fully saturated rings. The molecular formula is C15H22N2O. The van der Waals surface area contributed by atoms with Crippen molar-refractivity contribution in [3.8, 4) is 0 Å². The zero-order chi connectivity index (χ0) is 13.0. The number of carbonyl (C=O) groups excluding carboxylic acids is 1. The molecule has 2 rings (SSSR count). The van der Waals surface area contributed by atoms with Crippen LogP contribution in [0.2, 0.25) is 0 Å². The Bertz CT molecular complexity index is 423. The molecule has 0 atom stereocenters. The molecule has 1 amide bonds. The van der Waals surface area contributed by atoms with Gasteiger partial charge in [0.15, 0.2) is 0 Å². The molecule has 3 nitrogen and oxygen atoms in total. The predicted molar refractivity (Wildman–Crippen MR) is 76.2 cm³/mol. The van der Waals surface area contributed by atoms with Crippen molar-refractivity contribution in [2.45, 2.75) is 39.5 Å². The van der Waals surface area contributed by atoms with E-state index in [9.17, 15) is 4.79 Å². The summed E-state index contributed by atoms with van der Waals surface area (Å²) in [7, 11) is 0. The van der Waals surface area contributed by atoms with Gasteiger partial charge in [-0.15, -0.1) is 0 Å². The number of carbonyl (C=O) groups is 1. The Morgan fingerprint density at radius 2 is 2.06 bits per heavy atom. The van der Waals surface area contributed by atoms with Gasteiger partial charge in [-0.05, 0) is 43.9 Å². The Hall–Kier alpha value is -1.51. The van der Waals surface area contributed by atoms with Gasteiger partial charge in [0.25, 0.3) is 0 Å². The van der Waals surface area contributed by atoms with E-state index in [1.165, 1.54) is 24.1 Å². The average molecular weight is 246 g/mol. The fourth-order valence-corrected chi connectivity index (χ4v) is 2.44. The first-order valence-corrected chi connectivity index (χ1v) is 6.86. The van der Waals surface area contributed by atoms with E-state index < -0.39 is 0 Å². The number of aryl methyl sites for hydroxylation is 1. The lowest BCUT2D eigenvalue weighted by atomic mass is 10.1. The third kappa shape index (κ3) is 3.03. The van der Waals surface area contributed by atoms with E-state index >= 15 is 0 Å². The lowest BCUT2D eigenvalue weighted by Crippen LogP contribution is -2.19. The molecule has 0 aliphatic carbocycles. The number of rotatable bonds is 4. The molecule has 0 bridgehead atoms. The zero-order valence-electron chi connectivity index (χ0n) is 11.3. The zero-order valence-corrected chi connectivity index (χ0v) is 11.3. The quantitative estimate of drug-likeness (QED) is 0.883. The second-order valence-corrected chi connectivity index (χ2v) is 4.99. The second-order valence-electron chi connectivity index (χ2n) is 4.99. The number of benzene rings is 1. The highest BCUT2D eigenvalue weighted by molar-refractivity contribution is 5.91. The molecule has 0 spiro atoms. The van der Waals surface area contributed by atoms with Crippen molar-refractivity contribution in [3.05, 3.63) is 23.8 Å². The van der Waals surface area contributed by atoms with Gasteiger partial charge in [0.2, 0.25) is 5.91 Å². The highest BCUT2D eigenvalue weighted by atomic mass is 16.1. The number of amides is 1. The van der Waals surface area contributed by atoms with E-state index in [0.29, 0.717) is 6.42 Å². The molecule has 1 aliphatic rings. The molecule has 0 aromatic heterocycles. The van der Waals surface area contributed by atoms with Crippen LogP contribution in [0.1, 0.15) is 38.2 Å². The molecular weight excluding hydrogens is 224 g/mol. The lowest BCUT2D eigenvalue weighted by Gasteiger charge is -2.21. The number of nitrogens with one attached hydrogen (secondary N) is 1. The first-order valence-electron chi connectivity index (χ1n) is 6.86. The van der Waals surface area contributed by atoms with Gasteiger partial charge in [0.1, 0.15) is 0 Å². The maximum absolute atomic E-state index is 11.6. The maximum Gasteiger partial charge on any atom is 0.224 e. The van der Waals surface area contributed by atoms with Crippen molar-refractivity contribution in [3.63, 3.8) is 0 Å². The molecule has 1 aliphatic heterocycles. The van der Waals surface area contributed by atoms with Gasteiger partial charge in [-0.1, -0.05) is 13.0 Å². The summed E-state index contributed by atoms with van der Waals surface area (Å²) in [6.07, 6.45) is 4.02. The standard InChI is InChI=1S/C15H22N2O/c1-3-6-15(18)16-13-8-7-12(2)14(11-13)17-9-4-5-10-17/h7-8,11H,3-6,9-10H2,1-2H3,(H,16,18). The van der Waals surface area contributed by atoms with Crippen LogP contribution in [0.5, 0.6) is 0 Å². The van der Waals surface area contributed by atoms with E-state index in [1.54, 1.807) is 0 Å². The van der Waals surface area contributed by atoms with Crippen LogP contribution in [-0.4, -0.2) is 19.0 Å². The van der Waals surface area contributed by atoms with Gasteiger partial charge >= 0.3 is 0 Å². The molecule has 1 N–H and O–H groups in total. The minimum atomic E-state index is 0.105. The van der Waals surface area contributed by atoms with E-state index in [4.69, 9.17) is 0 Å². The first kappa shape index (κ1) is 12.9. The summed E-state index contributed by atoms with van der Waals surface area (Å²) < 4.78 is 0. The third-order valence-electron chi connectivity index (χ3n) is 3.42. The van der Waals surface area contributed by atoms with Gasteiger partial charge in [-0.2, -0.15) is 0 Å². The smallest absolute Gasteiger partial charge is 0.224 e. The Balaban J connectivity index is 2.12. The monoisotopic (exact) mass is 246 g/mol. The Morgan fingerprint density at radius 1 is 1.33 bits per heavy atom. The molecule has 0 radical (unpaired) electrons. The summed E-state index contributed by atoms with van der Waals surface area (Å²) in [5.41, 5.74) is 3.47. The number of hydrogen-bond donors (Lipinski definition) is 1. The molecule has 1 heterocycles. The van der Waals surface area contributed by atoms with Crippen LogP contribution in [-0.2, 0) is 4.79 Å². The van der Waals surface area contributed by atoms with Crippen LogP contribution in [0.3, 0.4) is 0 Å². The minimum absolute atomic E-state index is 0.105. The SMILES string of the molecule is CCCC(=O)Nc1ccc(C)c(N2CCCC2)c1. The Labute approximate surface area is 109 Å². The molecule has 1 aromatic carbocycles. The van der Waals surface area contributed by atoms with Crippen molar-refractivity contribution < 1.29 is 4.79 Å². The summed E-state index contributed by atoms with van der Waals surface area (Å²) >= 11 is 0. The summed E-state index contributed by atoms with van der Waals surface area (Å²) in [4.78, 5) is 14.0. The normalized spacial score (nSPS) is 14.9. The van der Waals surface area contributed by atoms with Gasteiger partial charge in [-0.25, -0.2) is 0 Å². The van der Waals surface area contributed by atoms with E-state index in [0.717, 1.165) is 25.2 Å². The lowest BCUT2D eigenvalue weighted by molar-refractivity contribution is -0.116. The Kier molecular flexibility index (Phi) is 4.24. The summed E-state index contributed by atoms with van der Waals surface area (Å²) in [5, 5.41) is 2.97. The molecule has 1 saturated heterocycles. The van der Waals surface area contributed by atoms with E-state index in [2.05, 4.69) is 29.3 Å². The minimum Gasteiger partial charge on any atom is -0.371 e. The van der Waals surface area contributed by atoms with Gasteiger partial charge < -0.3 is 10.2 Å². The van der Waals surface area contributed by atoms with Crippen molar-refractivity contribution in [2.24, 2.45) is 0 Å². The molecule has 1 aromatic rings. The van der Waals surface area contributed by atoms with Crippen molar-refractivity contribution in [1.82, 2.24) is 0 Å². The van der Waals surface area contributed by atoms with Crippen LogP contribution in [0.4, 0.5) is 11.4 Å². The van der Waals surface area contributed by atoms with Crippen molar-refractivity contribution in [1.29, 1.82) is 0 Å². The summed E-state index contributed by atoms with van der Waals surface area (Å²) in [6, 6.07) is 6.19. The fourth-order valence-electron chi connectivity index (χ4n) is 2.44. The van der Waals surface area contributed by atoms with E-state index in [-0.39, 0.29) is 5.91 Å². The van der Waals surface area contributed by atoms with Crippen LogP contribution in [0.15, 0.2) is 18.2 Å². The molecule has 3 heteroatoms. The van der Waals surface area contributed by atoms with Crippen LogP contribution >= 0.6 is 0 Å². The number of nitrogens with zero attached hydrogens (tertiary/aromatic N) is 1. The molecule has 0 saturated carbocycles. The molecule has 98 valence electrons. The predicted octanol–water partition coefficient (Wildman–Crippen LogP) is 3.33. The average Bonchev–Trinajstić information content (AvgIpc) is 2.85. The second kappa shape index (κ2) is 5.89. The fraction of sp³-hybridized carbons (Fsp3) is 0.533. The van der Waals surface area contributed by atoms with Crippen LogP contribution in [0.25, 0.3) is 0 Å². The third-order valence-corrected chi connectivity index (χ3v) is 3.42. The van der Waals surface area contributed by atoms with Gasteiger partial charge in [-0.3, -0.25) is 4.79 Å².